The number of anilines is 1. The van der Waals surface area contributed by atoms with Crippen LogP contribution in [0, 0.1) is 0 Å². The van der Waals surface area contributed by atoms with Crippen molar-refractivity contribution in [3.05, 3.63) is 27.1 Å². The van der Waals surface area contributed by atoms with Crippen LogP contribution in [-0.2, 0) is 10.0 Å². The Morgan fingerprint density at radius 2 is 1.95 bits per heavy atom. The molecule has 5 nitrogen and oxygen atoms in total. The van der Waals surface area contributed by atoms with Gasteiger partial charge in [0.25, 0.3) is 0 Å². The highest BCUT2D eigenvalue weighted by atomic mass is 79.9. The largest absolute Gasteiger partial charge is 0.314 e. The molecule has 8 heteroatoms. The minimum Gasteiger partial charge on any atom is -0.314 e. The van der Waals surface area contributed by atoms with Crippen molar-refractivity contribution in [3.63, 3.8) is 0 Å². The summed E-state index contributed by atoms with van der Waals surface area (Å²) in [5.41, 5.74) is 0.555. The monoisotopic (exact) mass is 425 g/mol. The van der Waals surface area contributed by atoms with Crippen molar-refractivity contribution >= 4 is 47.6 Å². The molecule has 0 unspecified atom stereocenters. The molecule has 20 heavy (non-hydrogen) atoms. The fourth-order valence-electron chi connectivity index (χ4n) is 1.98. The van der Waals surface area contributed by atoms with E-state index in [9.17, 15) is 8.42 Å². The van der Waals surface area contributed by atoms with E-state index in [2.05, 4.69) is 46.8 Å². The Morgan fingerprint density at radius 1 is 1.25 bits per heavy atom. The van der Waals surface area contributed by atoms with Crippen LogP contribution in [0.2, 0.25) is 0 Å². The van der Waals surface area contributed by atoms with Gasteiger partial charge in [-0.15, -0.1) is 0 Å². The molecule has 1 heterocycles. The van der Waals surface area contributed by atoms with Gasteiger partial charge in [0.1, 0.15) is 0 Å². The summed E-state index contributed by atoms with van der Waals surface area (Å²) in [7, 11) is -3.34. The Balaban J connectivity index is 1.94. The quantitative estimate of drug-likeness (QED) is 0.754. The minimum absolute atomic E-state index is 0.103. The van der Waals surface area contributed by atoms with Gasteiger partial charge in [-0.2, -0.15) is 0 Å². The maximum atomic E-state index is 12.1. The number of rotatable bonds is 5. The fraction of sp³-hybridized carbons (Fsp3) is 0.500. The van der Waals surface area contributed by atoms with Crippen LogP contribution in [-0.4, -0.2) is 51.8 Å². The van der Waals surface area contributed by atoms with Gasteiger partial charge in [-0.25, -0.2) is 8.42 Å². The van der Waals surface area contributed by atoms with E-state index in [4.69, 9.17) is 0 Å². The van der Waals surface area contributed by atoms with Crippen LogP contribution in [0.1, 0.15) is 0 Å². The highest BCUT2D eigenvalue weighted by Crippen LogP contribution is 2.27. The summed E-state index contributed by atoms with van der Waals surface area (Å²) >= 11 is 6.68. The summed E-state index contributed by atoms with van der Waals surface area (Å²) < 4.78 is 28.4. The first-order valence-corrected chi connectivity index (χ1v) is 9.59. The third-order valence-electron chi connectivity index (χ3n) is 3.08. The Morgan fingerprint density at radius 3 is 2.65 bits per heavy atom. The number of nitrogens with zero attached hydrogens (tertiary/aromatic N) is 1. The van der Waals surface area contributed by atoms with Crippen molar-refractivity contribution < 1.29 is 8.42 Å². The Kier molecular flexibility index (Phi) is 5.85. The standard InChI is InChI=1S/C12H17Br2N3O2S/c13-10-1-2-11(14)12(9-10)16-20(18,19)8-7-17-5-3-15-4-6-17/h1-2,9,15-16H,3-8H2. The van der Waals surface area contributed by atoms with Crippen molar-refractivity contribution in [1.29, 1.82) is 0 Å². The van der Waals surface area contributed by atoms with E-state index in [0.717, 1.165) is 35.1 Å². The molecule has 1 fully saturated rings. The zero-order chi connectivity index (χ0) is 14.6. The predicted octanol–water partition coefficient (Wildman–Crippen LogP) is 1.86. The molecule has 0 saturated carbocycles. The molecule has 0 amide bonds. The van der Waals surface area contributed by atoms with Gasteiger partial charge in [-0.1, -0.05) is 15.9 Å². The van der Waals surface area contributed by atoms with E-state index >= 15 is 0 Å². The van der Waals surface area contributed by atoms with Gasteiger partial charge in [0, 0.05) is 41.7 Å². The first kappa shape index (κ1) is 16.2. The molecular weight excluding hydrogens is 410 g/mol. The van der Waals surface area contributed by atoms with Crippen LogP contribution in [0.5, 0.6) is 0 Å². The van der Waals surface area contributed by atoms with E-state index in [1.165, 1.54) is 0 Å². The summed E-state index contributed by atoms with van der Waals surface area (Å²) in [5, 5.41) is 3.25. The highest BCUT2D eigenvalue weighted by Gasteiger charge is 2.16. The van der Waals surface area contributed by atoms with E-state index < -0.39 is 10.0 Å². The molecule has 0 radical (unpaired) electrons. The summed E-state index contributed by atoms with van der Waals surface area (Å²) in [5.74, 6) is 0.103. The average molecular weight is 427 g/mol. The van der Waals surface area contributed by atoms with Crippen molar-refractivity contribution in [2.75, 3.05) is 43.2 Å². The lowest BCUT2D eigenvalue weighted by atomic mass is 10.3. The second-order valence-corrected chi connectivity index (χ2v) is 8.25. The van der Waals surface area contributed by atoms with Crippen LogP contribution in [0.4, 0.5) is 5.69 Å². The van der Waals surface area contributed by atoms with Gasteiger partial charge < -0.3 is 5.32 Å². The molecule has 0 atom stereocenters. The van der Waals surface area contributed by atoms with Crippen molar-refractivity contribution in [3.8, 4) is 0 Å². The predicted molar refractivity (Wildman–Crippen MR) is 88.6 cm³/mol. The molecule has 2 rings (SSSR count). The molecule has 2 N–H and O–H groups in total. The second-order valence-electron chi connectivity index (χ2n) is 4.64. The molecule has 0 spiro atoms. The maximum absolute atomic E-state index is 12.1. The summed E-state index contributed by atoms with van der Waals surface area (Å²) in [6, 6.07) is 5.40. The lowest BCUT2D eigenvalue weighted by Crippen LogP contribution is -2.45. The number of sulfonamides is 1. The zero-order valence-electron chi connectivity index (χ0n) is 10.9. The van der Waals surface area contributed by atoms with Crippen molar-refractivity contribution in [2.45, 2.75) is 0 Å². The molecule has 1 aromatic rings. The number of hydrogen-bond donors (Lipinski definition) is 2. The molecule has 1 aliphatic rings. The van der Waals surface area contributed by atoms with Gasteiger partial charge in [0.15, 0.2) is 0 Å². The van der Waals surface area contributed by atoms with Crippen molar-refractivity contribution in [2.24, 2.45) is 0 Å². The molecule has 0 aliphatic carbocycles. The van der Waals surface area contributed by atoms with Crippen LogP contribution >= 0.6 is 31.9 Å². The highest BCUT2D eigenvalue weighted by molar-refractivity contribution is 9.11. The van der Waals surface area contributed by atoms with E-state index in [-0.39, 0.29) is 5.75 Å². The van der Waals surface area contributed by atoms with E-state index in [0.29, 0.717) is 12.2 Å². The SMILES string of the molecule is O=S(=O)(CCN1CCNCC1)Nc1cc(Br)ccc1Br. The van der Waals surface area contributed by atoms with Crippen molar-refractivity contribution in [1.82, 2.24) is 10.2 Å². The molecule has 112 valence electrons. The summed E-state index contributed by atoms with van der Waals surface area (Å²) in [6.07, 6.45) is 0. The second kappa shape index (κ2) is 7.22. The van der Waals surface area contributed by atoms with Gasteiger partial charge in [0.2, 0.25) is 10.0 Å². The average Bonchev–Trinajstić information content (AvgIpc) is 2.42. The molecule has 1 aromatic carbocycles. The normalized spacial score (nSPS) is 17.1. The molecule has 1 aliphatic heterocycles. The molecular formula is C12H17Br2N3O2S. The first-order valence-electron chi connectivity index (χ1n) is 6.35. The molecule has 0 aromatic heterocycles. The summed E-state index contributed by atoms with van der Waals surface area (Å²) in [6.45, 7) is 4.20. The number of nitrogens with one attached hydrogen (secondary N) is 2. The van der Waals surface area contributed by atoms with E-state index in [1.54, 1.807) is 12.1 Å². The van der Waals surface area contributed by atoms with Gasteiger partial charge >= 0.3 is 0 Å². The van der Waals surface area contributed by atoms with Crippen LogP contribution in [0.15, 0.2) is 27.1 Å². The van der Waals surface area contributed by atoms with E-state index in [1.807, 2.05) is 6.07 Å². The maximum Gasteiger partial charge on any atom is 0.234 e. The number of piperazine rings is 1. The van der Waals surface area contributed by atoms with Crippen LogP contribution < -0.4 is 10.0 Å². The van der Waals surface area contributed by atoms with Gasteiger partial charge in [-0.3, -0.25) is 9.62 Å². The fourth-order valence-corrected chi connectivity index (χ4v) is 3.92. The Labute approximate surface area is 136 Å². The number of halogens is 2. The molecule has 0 bridgehead atoms. The third-order valence-corrected chi connectivity index (χ3v) is 5.52. The molecule has 1 saturated heterocycles. The lowest BCUT2D eigenvalue weighted by molar-refractivity contribution is 0.254. The Bertz CT molecular complexity index is 560. The lowest BCUT2D eigenvalue weighted by Gasteiger charge is -2.26. The first-order chi connectivity index (χ1) is 9.46. The smallest absolute Gasteiger partial charge is 0.234 e. The minimum atomic E-state index is -3.34. The number of benzene rings is 1. The summed E-state index contributed by atoms with van der Waals surface area (Å²) in [4.78, 5) is 2.16. The van der Waals surface area contributed by atoms with Gasteiger partial charge in [0.05, 0.1) is 11.4 Å². The zero-order valence-corrected chi connectivity index (χ0v) is 14.9. The topological polar surface area (TPSA) is 61.4 Å². The Hall–Kier alpha value is -0.150. The van der Waals surface area contributed by atoms with Crippen LogP contribution in [0.25, 0.3) is 0 Å². The number of hydrogen-bond acceptors (Lipinski definition) is 4. The van der Waals surface area contributed by atoms with Gasteiger partial charge in [-0.05, 0) is 34.1 Å². The van der Waals surface area contributed by atoms with Crippen LogP contribution in [0.3, 0.4) is 0 Å². The third kappa shape index (κ3) is 5.00.